The second-order valence-corrected chi connectivity index (χ2v) is 7.11. The topological polar surface area (TPSA) is 53.8 Å². The third-order valence-electron chi connectivity index (χ3n) is 5.48. The van der Waals surface area contributed by atoms with E-state index in [4.69, 9.17) is 4.42 Å². The van der Waals surface area contributed by atoms with Crippen LogP contribution in [0.3, 0.4) is 0 Å². The third-order valence-corrected chi connectivity index (χ3v) is 5.48. The molecule has 0 spiro atoms. The summed E-state index contributed by atoms with van der Waals surface area (Å²) in [6, 6.07) is 2.66. The van der Waals surface area contributed by atoms with E-state index in [1.807, 2.05) is 11.0 Å². The van der Waals surface area contributed by atoms with Crippen molar-refractivity contribution < 1.29 is 14.0 Å². The van der Waals surface area contributed by atoms with Gasteiger partial charge in [-0.2, -0.15) is 0 Å². The van der Waals surface area contributed by atoms with E-state index >= 15 is 0 Å². The number of carbonyl (C=O) groups is 2. The number of rotatable bonds is 5. The summed E-state index contributed by atoms with van der Waals surface area (Å²) in [6.45, 7) is 3.28. The lowest BCUT2D eigenvalue weighted by atomic mass is 9.89. The highest BCUT2D eigenvalue weighted by Crippen LogP contribution is 2.30. The Morgan fingerprint density at radius 3 is 2.54 bits per heavy atom. The first-order valence-corrected chi connectivity index (χ1v) is 9.23. The monoisotopic (exact) mass is 332 g/mol. The molecule has 2 heterocycles. The molecule has 1 saturated heterocycles. The van der Waals surface area contributed by atoms with Crippen molar-refractivity contribution in [3.8, 4) is 0 Å². The number of furan rings is 1. The van der Waals surface area contributed by atoms with Crippen LogP contribution in [0.4, 0.5) is 0 Å². The molecule has 24 heavy (non-hydrogen) atoms. The highest BCUT2D eigenvalue weighted by Gasteiger charge is 2.33. The van der Waals surface area contributed by atoms with Gasteiger partial charge in [0.15, 0.2) is 0 Å². The van der Waals surface area contributed by atoms with Crippen molar-refractivity contribution in [3.05, 3.63) is 24.2 Å². The molecule has 132 valence electrons. The standard InChI is InChI=1S/C19H28N2O3/c1-15(22)21(17-4-2-5-17)18-6-3-11-20(12-9-18)19(23)8-7-16-10-13-24-14-16/h10,13-14,17-18H,2-9,11-12H2,1H3. The van der Waals surface area contributed by atoms with Gasteiger partial charge in [0.25, 0.3) is 0 Å². The predicted molar refractivity (Wildman–Crippen MR) is 91.4 cm³/mol. The molecule has 2 amide bonds. The maximum atomic E-state index is 12.5. The van der Waals surface area contributed by atoms with Crippen molar-refractivity contribution in [2.24, 2.45) is 0 Å². The molecular weight excluding hydrogens is 304 g/mol. The average Bonchev–Trinajstić information content (AvgIpc) is 2.91. The highest BCUT2D eigenvalue weighted by atomic mass is 16.3. The lowest BCUT2D eigenvalue weighted by Gasteiger charge is -2.42. The molecule has 0 radical (unpaired) electrons. The van der Waals surface area contributed by atoms with E-state index in [1.165, 1.54) is 6.42 Å². The van der Waals surface area contributed by atoms with Crippen molar-refractivity contribution in [2.45, 2.75) is 70.4 Å². The zero-order valence-corrected chi connectivity index (χ0v) is 14.6. The Morgan fingerprint density at radius 2 is 1.92 bits per heavy atom. The van der Waals surface area contributed by atoms with Crippen LogP contribution in [0.5, 0.6) is 0 Å². The van der Waals surface area contributed by atoms with Gasteiger partial charge in [0.2, 0.25) is 11.8 Å². The van der Waals surface area contributed by atoms with Gasteiger partial charge >= 0.3 is 0 Å². The summed E-state index contributed by atoms with van der Waals surface area (Å²) >= 11 is 0. The molecule has 1 saturated carbocycles. The molecule has 1 aromatic heterocycles. The largest absolute Gasteiger partial charge is 0.472 e. The normalized spacial score (nSPS) is 21.9. The smallest absolute Gasteiger partial charge is 0.222 e. The van der Waals surface area contributed by atoms with Gasteiger partial charge in [0.1, 0.15) is 0 Å². The van der Waals surface area contributed by atoms with Crippen LogP contribution in [0, 0.1) is 0 Å². The zero-order valence-electron chi connectivity index (χ0n) is 14.6. The molecule has 1 aliphatic carbocycles. The molecular formula is C19H28N2O3. The first-order valence-electron chi connectivity index (χ1n) is 9.23. The first-order chi connectivity index (χ1) is 11.6. The maximum absolute atomic E-state index is 12.5. The molecule has 2 fully saturated rings. The SMILES string of the molecule is CC(=O)N(C1CCC1)C1CCCN(C(=O)CCc2ccoc2)CC1. The fourth-order valence-corrected chi connectivity index (χ4v) is 3.93. The van der Waals surface area contributed by atoms with Crippen LogP contribution in [0.15, 0.2) is 23.0 Å². The Labute approximate surface area is 144 Å². The van der Waals surface area contributed by atoms with E-state index in [-0.39, 0.29) is 11.8 Å². The number of amides is 2. The minimum atomic E-state index is 0.199. The number of hydrogen-bond acceptors (Lipinski definition) is 3. The fraction of sp³-hybridized carbons (Fsp3) is 0.684. The van der Waals surface area contributed by atoms with Gasteiger partial charge in [-0.05, 0) is 56.6 Å². The summed E-state index contributed by atoms with van der Waals surface area (Å²) in [5.74, 6) is 0.416. The van der Waals surface area contributed by atoms with Crippen molar-refractivity contribution in [1.29, 1.82) is 0 Å². The quantitative estimate of drug-likeness (QED) is 0.833. The van der Waals surface area contributed by atoms with Crippen LogP contribution in [0.1, 0.15) is 57.4 Å². The molecule has 0 aromatic carbocycles. The summed E-state index contributed by atoms with van der Waals surface area (Å²) in [5.41, 5.74) is 1.07. The van der Waals surface area contributed by atoms with Crippen LogP contribution in [-0.4, -0.2) is 46.8 Å². The summed E-state index contributed by atoms with van der Waals surface area (Å²) in [6.07, 6.45) is 11.0. The Kier molecular flexibility index (Phi) is 5.59. The molecule has 5 heteroatoms. The molecule has 1 aromatic rings. The lowest BCUT2D eigenvalue weighted by Crippen LogP contribution is -2.49. The van der Waals surface area contributed by atoms with E-state index in [9.17, 15) is 9.59 Å². The van der Waals surface area contributed by atoms with E-state index in [0.29, 0.717) is 18.5 Å². The average molecular weight is 332 g/mol. The summed E-state index contributed by atoms with van der Waals surface area (Å²) < 4.78 is 5.05. The number of carbonyl (C=O) groups excluding carboxylic acids is 2. The molecule has 3 rings (SSSR count). The predicted octanol–water partition coefficient (Wildman–Crippen LogP) is 2.99. The van der Waals surface area contributed by atoms with Crippen molar-refractivity contribution >= 4 is 11.8 Å². The molecule has 5 nitrogen and oxygen atoms in total. The van der Waals surface area contributed by atoms with Crippen LogP contribution < -0.4 is 0 Å². The minimum Gasteiger partial charge on any atom is -0.472 e. The van der Waals surface area contributed by atoms with Crippen molar-refractivity contribution in [1.82, 2.24) is 9.80 Å². The second kappa shape index (κ2) is 7.86. The minimum absolute atomic E-state index is 0.199. The van der Waals surface area contributed by atoms with Crippen LogP contribution >= 0.6 is 0 Å². The van der Waals surface area contributed by atoms with Gasteiger partial charge in [0.05, 0.1) is 12.5 Å². The number of likely N-dealkylation sites (tertiary alicyclic amines) is 1. The van der Waals surface area contributed by atoms with Gasteiger partial charge in [-0.15, -0.1) is 0 Å². The number of hydrogen-bond donors (Lipinski definition) is 0. The van der Waals surface area contributed by atoms with E-state index < -0.39 is 0 Å². The van der Waals surface area contributed by atoms with Crippen LogP contribution in [0.25, 0.3) is 0 Å². The zero-order chi connectivity index (χ0) is 16.9. The van der Waals surface area contributed by atoms with E-state index in [0.717, 1.165) is 57.2 Å². The van der Waals surface area contributed by atoms with E-state index in [1.54, 1.807) is 19.5 Å². The molecule has 1 aliphatic heterocycles. The van der Waals surface area contributed by atoms with Gasteiger partial charge in [-0.1, -0.05) is 0 Å². The Bertz CT molecular complexity index is 551. The molecule has 0 N–H and O–H groups in total. The first kappa shape index (κ1) is 17.1. The molecule has 1 unspecified atom stereocenters. The van der Waals surface area contributed by atoms with Crippen molar-refractivity contribution in [2.75, 3.05) is 13.1 Å². The summed E-state index contributed by atoms with van der Waals surface area (Å²) in [5, 5.41) is 0. The lowest BCUT2D eigenvalue weighted by molar-refractivity contribution is -0.136. The number of nitrogens with zero attached hydrogens (tertiary/aromatic N) is 2. The molecule has 2 aliphatic rings. The van der Waals surface area contributed by atoms with Crippen LogP contribution in [0.2, 0.25) is 0 Å². The molecule has 1 atom stereocenters. The maximum Gasteiger partial charge on any atom is 0.222 e. The molecule has 0 bridgehead atoms. The fourth-order valence-electron chi connectivity index (χ4n) is 3.93. The Balaban J connectivity index is 1.52. The van der Waals surface area contributed by atoms with Gasteiger partial charge < -0.3 is 14.2 Å². The van der Waals surface area contributed by atoms with Gasteiger partial charge in [-0.3, -0.25) is 9.59 Å². The van der Waals surface area contributed by atoms with Crippen molar-refractivity contribution in [3.63, 3.8) is 0 Å². The van der Waals surface area contributed by atoms with Gasteiger partial charge in [0, 0.05) is 38.5 Å². The Hall–Kier alpha value is -1.78. The van der Waals surface area contributed by atoms with E-state index in [2.05, 4.69) is 4.90 Å². The third kappa shape index (κ3) is 4.00. The van der Waals surface area contributed by atoms with Crippen LogP contribution in [-0.2, 0) is 16.0 Å². The Morgan fingerprint density at radius 1 is 1.17 bits per heavy atom. The highest BCUT2D eigenvalue weighted by molar-refractivity contribution is 5.76. The summed E-state index contributed by atoms with van der Waals surface area (Å²) in [7, 11) is 0. The second-order valence-electron chi connectivity index (χ2n) is 7.11. The number of aryl methyl sites for hydroxylation is 1. The van der Waals surface area contributed by atoms with Gasteiger partial charge in [-0.25, -0.2) is 0 Å². The summed E-state index contributed by atoms with van der Waals surface area (Å²) in [4.78, 5) is 28.6.